The molecule has 17 heteroatoms. The molecule has 5 amide bonds. The lowest BCUT2D eigenvalue weighted by Gasteiger charge is -2.35. The van der Waals surface area contributed by atoms with Crippen LogP contribution in [-0.2, 0) is 30.3 Å². The van der Waals surface area contributed by atoms with Crippen LogP contribution in [0.3, 0.4) is 0 Å². The molecule has 0 spiro atoms. The number of halogens is 2. The number of hydrogen-bond acceptors (Lipinski definition) is 10. The number of aliphatic hydroxyl groups excluding tert-OH is 1. The number of likely N-dealkylation sites (tertiary alicyclic amines) is 1. The number of aryl methyl sites for hydroxylation is 2. The van der Waals surface area contributed by atoms with E-state index >= 15 is 4.39 Å². The van der Waals surface area contributed by atoms with E-state index in [4.69, 9.17) is 15.2 Å². The Morgan fingerprint density at radius 2 is 1.70 bits per heavy atom. The Labute approximate surface area is 354 Å². The number of aliphatic hydroxyl groups is 1. The van der Waals surface area contributed by atoms with E-state index in [1.165, 1.54) is 4.90 Å². The highest BCUT2D eigenvalue weighted by Crippen LogP contribution is 2.30. The molecule has 0 radical (unpaired) electrons. The molecule has 6 N–H and O–H groups in total. The summed E-state index contributed by atoms with van der Waals surface area (Å²) in [5, 5.41) is 18.9. The molecule has 1 aliphatic heterocycles. The molecule has 2 heterocycles. The normalized spacial score (nSPS) is 17.0. The number of carbonyl (C=O) groups is 5. The SMILES string of the molecule is Cc1ncsc1-c1ccc([C@H](C)NC(=O)[C@@H]2CC(O)CN2C(=O)[C@@H](NC(=O)CCCc2cc(F)cc(OC[C@H](CCC(N)=O)NC(=O)OC(C)(C)C)c2F)C(C)(C)C)cc1. The summed E-state index contributed by atoms with van der Waals surface area (Å²) in [5.74, 6) is -4.19. The standard InChI is InChI=1S/C43H58F2N6O8S/c1-24(26-12-14-27(15-13-26)37-25(2)47-23-60-37)48-39(55)32-20-31(52)21-51(32)40(56)38(42(3,4)5)50-35(54)11-9-10-28-18-29(44)19-33(36(28)45)58-22-30(16-17-34(46)53)49-41(57)59-43(6,7)8/h12-15,18-19,23-24,30-32,38,52H,9-11,16-17,20-22H2,1-8H3,(H2,46,53)(H,48,55)(H,49,57)(H,50,54)/t24-,30-,31?,32-,38+/m0/s1. The quantitative estimate of drug-likeness (QED) is 0.114. The smallest absolute Gasteiger partial charge is 0.407 e. The number of rotatable bonds is 17. The molecule has 328 valence electrons. The molecule has 4 rings (SSSR count). The van der Waals surface area contributed by atoms with Crippen molar-refractivity contribution in [3.8, 4) is 16.2 Å². The van der Waals surface area contributed by atoms with E-state index in [2.05, 4.69) is 20.9 Å². The fourth-order valence-electron chi connectivity index (χ4n) is 6.77. The highest BCUT2D eigenvalue weighted by atomic mass is 32.1. The van der Waals surface area contributed by atoms with Crippen LogP contribution in [0.4, 0.5) is 13.6 Å². The summed E-state index contributed by atoms with van der Waals surface area (Å²) < 4.78 is 41.1. The molecule has 0 saturated carbocycles. The molecule has 1 aromatic heterocycles. The maximum Gasteiger partial charge on any atom is 0.407 e. The summed E-state index contributed by atoms with van der Waals surface area (Å²) in [6.07, 6.45) is -1.89. The van der Waals surface area contributed by atoms with Gasteiger partial charge in [-0.1, -0.05) is 45.0 Å². The zero-order chi connectivity index (χ0) is 44.5. The van der Waals surface area contributed by atoms with Crippen LogP contribution in [0.5, 0.6) is 5.75 Å². The minimum Gasteiger partial charge on any atom is -0.488 e. The number of nitrogens with two attached hydrogens (primary N) is 1. The number of ether oxygens (including phenoxy) is 2. The number of nitrogens with one attached hydrogen (secondary N) is 3. The van der Waals surface area contributed by atoms with Gasteiger partial charge in [0.25, 0.3) is 0 Å². The molecule has 5 atom stereocenters. The Morgan fingerprint density at radius 3 is 2.30 bits per heavy atom. The van der Waals surface area contributed by atoms with E-state index in [9.17, 15) is 33.5 Å². The first-order valence-electron chi connectivity index (χ1n) is 20.0. The third-order valence-electron chi connectivity index (χ3n) is 9.89. The number of benzene rings is 2. The van der Waals surface area contributed by atoms with E-state index < -0.39 is 88.4 Å². The second-order valence-electron chi connectivity index (χ2n) is 17.3. The minimum absolute atomic E-state index is 0.0257. The number of hydrogen-bond donors (Lipinski definition) is 5. The summed E-state index contributed by atoms with van der Waals surface area (Å²) in [6, 6.07) is 6.35. The number of amides is 5. The predicted octanol–water partition coefficient (Wildman–Crippen LogP) is 5.63. The van der Waals surface area contributed by atoms with Crippen LogP contribution in [0.2, 0.25) is 0 Å². The van der Waals surface area contributed by atoms with Crippen molar-refractivity contribution in [2.24, 2.45) is 11.1 Å². The van der Waals surface area contributed by atoms with Gasteiger partial charge < -0.3 is 41.2 Å². The third kappa shape index (κ3) is 13.7. The molecular weight excluding hydrogens is 799 g/mol. The first-order valence-corrected chi connectivity index (χ1v) is 20.9. The molecule has 3 aromatic rings. The van der Waals surface area contributed by atoms with Crippen LogP contribution in [0.25, 0.3) is 10.4 Å². The number of aromatic nitrogens is 1. The van der Waals surface area contributed by atoms with Crippen molar-refractivity contribution in [3.63, 3.8) is 0 Å². The van der Waals surface area contributed by atoms with Gasteiger partial charge in [-0.05, 0) is 82.1 Å². The van der Waals surface area contributed by atoms with Crippen molar-refractivity contribution in [3.05, 3.63) is 70.4 Å². The molecule has 0 bridgehead atoms. The van der Waals surface area contributed by atoms with Crippen LogP contribution in [0.15, 0.2) is 41.9 Å². The lowest BCUT2D eigenvalue weighted by Crippen LogP contribution is -2.57. The first kappa shape index (κ1) is 47.5. The molecule has 1 fully saturated rings. The number of carbonyl (C=O) groups excluding carboxylic acids is 5. The fraction of sp³-hybridized carbons (Fsp3) is 0.535. The highest BCUT2D eigenvalue weighted by Gasteiger charge is 2.44. The Kier molecular flexibility index (Phi) is 16.2. The number of β-amino-alcohol motifs (C(OH)–C–C–N with tert-alkyl or cyclic N) is 1. The zero-order valence-corrected chi connectivity index (χ0v) is 36.3. The summed E-state index contributed by atoms with van der Waals surface area (Å²) in [5.41, 5.74) is 8.18. The van der Waals surface area contributed by atoms with Gasteiger partial charge in [-0.25, -0.2) is 18.6 Å². The number of nitrogens with zero attached hydrogens (tertiary/aromatic N) is 2. The lowest BCUT2D eigenvalue weighted by molar-refractivity contribution is -0.144. The van der Waals surface area contributed by atoms with E-state index in [1.807, 2.05) is 38.1 Å². The monoisotopic (exact) mass is 856 g/mol. The molecule has 14 nitrogen and oxygen atoms in total. The second kappa shape index (κ2) is 20.4. The average Bonchev–Trinajstić information content (AvgIpc) is 3.76. The van der Waals surface area contributed by atoms with Crippen molar-refractivity contribution in [2.75, 3.05) is 13.2 Å². The van der Waals surface area contributed by atoms with Gasteiger partial charge in [-0.3, -0.25) is 19.2 Å². The van der Waals surface area contributed by atoms with Gasteiger partial charge in [-0.2, -0.15) is 0 Å². The summed E-state index contributed by atoms with van der Waals surface area (Å²) in [4.78, 5) is 71.5. The van der Waals surface area contributed by atoms with E-state index in [1.54, 1.807) is 58.4 Å². The van der Waals surface area contributed by atoms with Gasteiger partial charge >= 0.3 is 6.09 Å². The van der Waals surface area contributed by atoms with E-state index in [-0.39, 0.29) is 57.2 Å². The third-order valence-corrected chi connectivity index (χ3v) is 10.9. The molecule has 1 unspecified atom stereocenters. The number of primary amides is 1. The zero-order valence-electron chi connectivity index (χ0n) is 35.5. The highest BCUT2D eigenvalue weighted by molar-refractivity contribution is 7.13. The largest absolute Gasteiger partial charge is 0.488 e. The Hall–Kier alpha value is -5.16. The van der Waals surface area contributed by atoms with Gasteiger partial charge in [0.1, 0.15) is 30.1 Å². The predicted molar refractivity (Wildman–Crippen MR) is 223 cm³/mol. The second-order valence-corrected chi connectivity index (χ2v) is 18.1. The van der Waals surface area contributed by atoms with Crippen LogP contribution >= 0.6 is 11.3 Å². The van der Waals surface area contributed by atoms with Crippen molar-refractivity contribution in [2.45, 2.75) is 130 Å². The van der Waals surface area contributed by atoms with Crippen LogP contribution in [0.1, 0.15) is 103 Å². The maximum atomic E-state index is 15.6. The van der Waals surface area contributed by atoms with Gasteiger partial charge in [0.2, 0.25) is 23.6 Å². The topological polar surface area (TPSA) is 202 Å². The number of thiazole rings is 1. The fourth-order valence-corrected chi connectivity index (χ4v) is 7.58. The summed E-state index contributed by atoms with van der Waals surface area (Å²) >= 11 is 1.54. The molecule has 2 aromatic carbocycles. The molecule has 1 aliphatic rings. The van der Waals surface area contributed by atoms with E-state index in [0.717, 1.165) is 33.8 Å². The summed E-state index contributed by atoms with van der Waals surface area (Å²) in [6.45, 7) is 13.7. The first-order chi connectivity index (χ1) is 28.0. The average molecular weight is 857 g/mol. The van der Waals surface area contributed by atoms with Crippen molar-refractivity contribution in [1.82, 2.24) is 25.8 Å². The van der Waals surface area contributed by atoms with Gasteiger partial charge in [0.05, 0.1) is 34.3 Å². The molecule has 0 aliphatic carbocycles. The van der Waals surface area contributed by atoms with Crippen molar-refractivity contribution in [1.29, 1.82) is 0 Å². The van der Waals surface area contributed by atoms with Crippen molar-refractivity contribution < 1.29 is 47.3 Å². The van der Waals surface area contributed by atoms with Crippen LogP contribution in [-0.4, -0.2) is 87.7 Å². The lowest BCUT2D eigenvalue weighted by atomic mass is 9.85. The van der Waals surface area contributed by atoms with E-state index in [0.29, 0.717) is 0 Å². The van der Waals surface area contributed by atoms with Crippen LogP contribution in [0, 0.1) is 24.0 Å². The minimum atomic E-state index is -1.08. The number of alkyl carbamates (subject to hydrolysis) is 1. The Balaban J connectivity index is 1.36. The van der Waals surface area contributed by atoms with Crippen LogP contribution < -0.4 is 26.4 Å². The summed E-state index contributed by atoms with van der Waals surface area (Å²) in [7, 11) is 0. The Bertz CT molecular complexity index is 2000. The molecular formula is C43H58F2N6O8S. The van der Waals surface area contributed by atoms with Gasteiger partial charge in [0.15, 0.2) is 11.6 Å². The van der Waals surface area contributed by atoms with Gasteiger partial charge in [-0.15, -0.1) is 11.3 Å². The molecule has 1 saturated heterocycles. The molecule has 60 heavy (non-hydrogen) atoms. The Morgan fingerprint density at radius 1 is 1.02 bits per heavy atom. The van der Waals surface area contributed by atoms with Gasteiger partial charge in [0, 0.05) is 31.9 Å². The van der Waals surface area contributed by atoms with Crippen molar-refractivity contribution >= 4 is 41.1 Å². The maximum absolute atomic E-state index is 15.6.